The SMILES string of the molecule is Cc1ccc(C)c2c(C(=O)C=O)occ12. The highest BCUT2D eigenvalue weighted by Crippen LogP contribution is 2.27. The molecule has 3 heteroatoms. The van der Waals surface area contributed by atoms with Crippen LogP contribution in [0.25, 0.3) is 10.8 Å². The molecule has 1 aromatic carbocycles. The Morgan fingerprint density at radius 1 is 1.27 bits per heavy atom. The summed E-state index contributed by atoms with van der Waals surface area (Å²) in [7, 11) is 0. The van der Waals surface area contributed by atoms with Gasteiger partial charge in [-0.3, -0.25) is 9.59 Å². The van der Waals surface area contributed by atoms with Crippen molar-refractivity contribution >= 4 is 22.8 Å². The van der Waals surface area contributed by atoms with Crippen LogP contribution < -0.4 is 0 Å². The van der Waals surface area contributed by atoms with Gasteiger partial charge in [0.15, 0.2) is 12.0 Å². The van der Waals surface area contributed by atoms with E-state index in [0.29, 0.717) is 0 Å². The fourth-order valence-corrected chi connectivity index (χ4v) is 1.70. The Balaban J connectivity index is 2.84. The number of fused-ring (bicyclic) bond motifs is 1. The second-order valence-electron chi connectivity index (χ2n) is 3.53. The molecule has 0 amide bonds. The van der Waals surface area contributed by atoms with Gasteiger partial charge in [-0.05, 0) is 25.0 Å². The van der Waals surface area contributed by atoms with Crippen molar-refractivity contribution in [3.8, 4) is 0 Å². The summed E-state index contributed by atoms with van der Waals surface area (Å²) in [5.74, 6) is -0.472. The zero-order valence-corrected chi connectivity index (χ0v) is 8.53. The topological polar surface area (TPSA) is 47.3 Å². The van der Waals surface area contributed by atoms with Crippen LogP contribution in [0.5, 0.6) is 0 Å². The molecular weight excluding hydrogens is 192 g/mol. The van der Waals surface area contributed by atoms with Crippen molar-refractivity contribution in [1.29, 1.82) is 0 Å². The third-order valence-corrected chi connectivity index (χ3v) is 2.52. The predicted octanol–water partition coefficient (Wildman–Crippen LogP) is 2.43. The normalized spacial score (nSPS) is 10.5. The molecule has 0 radical (unpaired) electrons. The first kappa shape index (κ1) is 9.65. The van der Waals surface area contributed by atoms with Gasteiger partial charge in [-0.1, -0.05) is 12.1 Å². The predicted molar refractivity (Wildman–Crippen MR) is 56.1 cm³/mol. The van der Waals surface area contributed by atoms with Crippen LogP contribution in [0.1, 0.15) is 21.7 Å². The number of aryl methyl sites for hydroxylation is 2. The summed E-state index contributed by atoms with van der Waals surface area (Å²) in [6, 6.07) is 3.87. The molecule has 1 aromatic heterocycles. The van der Waals surface area contributed by atoms with Gasteiger partial charge in [-0.15, -0.1) is 0 Å². The molecular formula is C12H10O3. The van der Waals surface area contributed by atoms with Gasteiger partial charge in [0.25, 0.3) is 5.78 Å². The van der Waals surface area contributed by atoms with Gasteiger partial charge in [-0.25, -0.2) is 0 Å². The van der Waals surface area contributed by atoms with E-state index in [2.05, 4.69) is 0 Å². The second-order valence-corrected chi connectivity index (χ2v) is 3.53. The molecule has 2 aromatic rings. The summed E-state index contributed by atoms with van der Waals surface area (Å²) in [5, 5.41) is 1.63. The molecule has 0 atom stereocenters. The molecule has 0 saturated carbocycles. The molecule has 0 spiro atoms. The van der Waals surface area contributed by atoms with Crippen LogP contribution in [0.2, 0.25) is 0 Å². The van der Waals surface area contributed by atoms with E-state index in [-0.39, 0.29) is 12.0 Å². The van der Waals surface area contributed by atoms with Crippen molar-refractivity contribution in [2.24, 2.45) is 0 Å². The van der Waals surface area contributed by atoms with Gasteiger partial charge in [0, 0.05) is 10.8 Å². The van der Waals surface area contributed by atoms with E-state index in [9.17, 15) is 9.59 Å². The Morgan fingerprint density at radius 3 is 2.60 bits per heavy atom. The van der Waals surface area contributed by atoms with Crippen LogP contribution in [0, 0.1) is 13.8 Å². The maximum Gasteiger partial charge on any atom is 0.261 e. The monoisotopic (exact) mass is 202 g/mol. The summed E-state index contributed by atoms with van der Waals surface area (Å²) >= 11 is 0. The summed E-state index contributed by atoms with van der Waals surface area (Å²) in [5.41, 5.74) is 1.97. The van der Waals surface area contributed by atoms with E-state index < -0.39 is 5.78 Å². The molecule has 0 bridgehead atoms. The molecule has 0 saturated heterocycles. The van der Waals surface area contributed by atoms with E-state index in [0.717, 1.165) is 21.9 Å². The smallest absolute Gasteiger partial charge is 0.261 e. The molecule has 0 aliphatic heterocycles. The minimum absolute atomic E-state index is 0.140. The number of carbonyl (C=O) groups is 2. The molecule has 76 valence electrons. The van der Waals surface area contributed by atoms with E-state index in [1.54, 1.807) is 0 Å². The van der Waals surface area contributed by atoms with Gasteiger partial charge in [0.2, 0.25) is 0 Å². The fraction of sp³-hybridized carbons (Fsp3) is 0.167. The lowest BCUT2D eigenvalue weighted by atomic mass is 10.0. The summed E-state index contributed by atoms with van der Waals surface area (Å²) in [6.45, 7) is 3.82. The summed E-state index contributed by atoms with van der Waals surface area (Å²) in [4.78, 5) is 21.7. The Kier molecular flexibility index (Phi) is 2.15. The Hall–Kier alpha value is -1.90. The minimum atomic E-state index is -0.612. The van der Waals surface area contributed by atoms with Crippen LogP contribution in [0.15, 0.2) is 22.8 Å². The number of aldehydes is 1. The van der Waals surface area contributed by atoms with Crippen LogP contribution in [0.4, 0.5) is 0 Å². The molecule has 0 fully saturated rings. The first-order valence-corrected chi connectivity index (χ1v) is 4.62. The van der Waals surface area contributed by atoms with E-state index in [1.165, 1.54) is 6.26 Å². The zero-order chi connectivity index (χ0) is 11.0. The maximum atomic E-state index is 11.3. The first-order chi connectivity index (χ1) is 7.15. The highest BCUT2D eigenvalue weighted by Gasteiger charge is 2.16. The van der Waals surface area contributed by atoms with Gasteiger partial charge < -0.3 is 4.42 Å². The average Bonchev–Trinajstić information content (AvgIpc) is 2.68. The number of hydrogen-bond donors (Lipinski definition) is 0. The maximum absolute atomic E-state index is 11.3. The largest absolute Gasteiger partial charge is 0.459 e. The lowest BCUT2D eigenvalue weighted by Crippen LogP contribution is -1.98. The van der Waals surface area contributed by atoms with Gasteiger partial charge in [0.1, 0.15) is 0 Å². The van der Waals surface area contributed by atoms with E-state index in [4.69, 9.17) is 4.42 Å². The van der Waals surface area contributed by atoms with Gasteiger partial charge >= 0.3 is 0 Å². The second kappa shape index (κ2) is 3.35. The fourth-order valence-electron chi connectivity index (χ4n) is 1.70. The van der Waals surface area contributed by atoms with Gasteiger partial charge in [0.05, 0.1) is 6.26 Å². The van der Waals surface area contributed by atoms with Crippen LogP contribution in [-0.2, 0) is 4.79 Å². The molecule has 0 N–H and O–H groups in total. The van der Waals surface area contributed by atoms with Crippen LogP contribution in [0.3, 0.4) is 0 Å². The Bertz CT molecular complexity index is 549. The number of carbonyl (C=O) groups excluding carboxylic acids is 2. The van der Waals surface area contributed by atoms with Crippen LogP contribution in [-0.4, -0.2) is 12.1 Å². The van der Waals surface area contributed by atoms with Crippen molar-refractivity contribution in [3.63, 3.8) is 0 Å². The highest BCUT2D eigenvalue weighted by molar-refractivity contribution is 6.35. The molecule has 0 aliphatic carbocycles. The van der Waals surface area contributed by atoms with Gasteiger partial charge in [-0.2, -0.15) is 0 Å². The van der Waals surface area contributed by atoms with E-state index in [1.807, 2.05) is 26.0 Å². The first-order valence-electron chi connectivity index (χ1n) is 4.62. The average molecular weight is 202 g/mol. The molecule has 0 aliphatic rings. The number of ketones is 1. The standard InChI is InChI=1S/C12H10O3/c1-7-3-4-8(2)11-9(7)6-15-12(11)10(14)5-13/h3-6H,1-2H3. The number of hydrogen-bond acceptors (Lipinski definition) is 3. The summed E-state index contributed by atoms with van der Waals surface area (Å²) < 4.78 is 5.15. The lowest BCUT2D eigenvalue weighted by molar-refractivity contribution is -0.104. The van der Waals surface area contributed by atoms with Crippen LogP contribution >= 0.6 is 0 Å². The number of furan rings is 1. The number of benzene rings is 1. The quantitative estimate of drug-likeness (QED) is 0.427. The van der Waals surface area contributed by atoms with Crippen molar-refractivity contribution < 1.29 is 14.0 Å². The molecule has 1 heterocycles. The molecule has 0 unspecified atom stereocenters. The Labute approximate surface area is 86.7 Å². The highest BCUT2D eigenvalue weighted by atomic mass is 16.3. The van der Waals surface area contributed by atoms with Crippen molar-refractivity contribution in [2.75, 3.05) is 0 Å². The molecule has 15 heavy (non-hydrogen) atoms. The molecule has 3 nitrogen and oxygen atoms in total. The summed E-state index contributed by atoms with van der Waals surface area (Å²) in [6.07, 6.45) is 1.80. The molecule has 2 rings (SSSR count). The zero-order valence-electron chi connectivity index (χ0n) is 8.53. The number of rotatable bonds is 2. The number of Topliss-reactive ketones (excluding diaryl/α,β-unsaturated/α-hetero) is 1. The van der Waals surface area contributed by atoms with Crippen molar-refractivity contribution in [3.05, 3.63) is 35.3 Å². The third kappa shape index (κ3) is 1.36. The van der Waals surface area contributed by atoms with Crippen molar-refractivity contribution in [2.45, 2.75) is 13.8 Å². The van der Waals surface area contributed by atoms with E-state index >= 15 is 0 Å². The lowest BCUT2D eigenvalue weighted by Gasteiger charge is -1.99. The van der Waals surface area contributed by atoms with Crippen molar-refractivity contribution in [1.82, 2.24) is 0 Å². The Morgan fingerprint density at radius 2 is 1.93 bits per heavy atom. The third-order valence-electron chi connectivity index (χ3n) is 2.52. The minimum Gasteiger partial charge on any atom is -0.459 e.